The first-order valence-electron chi connectivity index (χ1n) is 5.75. The third-order valence-corrected chi connectivity index (χ3v) is 2.72. The fraction of sp³-hybridized carbons (Fsp3) is 0.500. The van der Waals surface area contributed by atoms with Crippen LogP contribution in [0.25, 0.3) is 0 Å². The molecule has 1 aromatic heterocycles. The van der Waals surface area contributed by atoms with Crippen molar-refractivity contribution in [3.63, 3.8) is 0 Å². The second-order valence-electron chi connectivity index (χ2n) is 4.33. The summed E-state index contributed by atoms with van der Waals surface area (Å²) in [5, 5.41) is 2.57. The van der Waals surface area contributed by atoms with Gasteiger partial charge in [0.1, 0.15) is 5.82 Å². The van der Waals surface area contributed by atoms with Gasteiger partial charge in [-0.15, -0.1) is 0 Å². The second kappa shape index (κ2) is 5.14. The predicted octanol–water partition coefficient (Wildman–Crippen LogP) is 1.26. The molecule has 1 fully saturated rings. The number of morpholine rings is 1. The number of hydrogen-bond acceptors (Lipinski definition) is 4. The summed E-state index contributed by atoms with van der Waals surface area (Å²) < 4.78 is 5.67. The smallest absolute Gasteiger partial charge is 0.211 e. The first kappa shape index (κ1) is 11.9. The molecule has 5 nitrogen and oxygen atoms in total. The molecule has 1 saturated heterocycles. The standard InChI is InChI=1S/C12H17N3O2/c1-9-6-15(7-10(2)17-9)12-4-3-11(5-13-12)14-8-16/h3-5,8-10H,6-7H2,1-2H3,(H,14,16)/t9-,10+. The number of pyridine rings is 1. The van der Waals surface area contributed by atoms with Gasteiger partial charge in [0, 0.05) is 13.1 Å². The van der Waals surface area contributed by atoms with Gasteiger partial charge in [-0.2, -0.15) is 0 Å². The average molecular weight is 235 g/mol. The fourth-order valence-corrected chi connectivity index (χ4v) is 2.09. The average Bonchev–Trinajstić information content (AvgIpc) is 2.29. The second-order valence-corrected chi connectivity index (χ2v) is 4.33. The summed E-state index contributed by atoms with van der Waals surface area (Å²) in [7, 11) is 0. The lowest BCUT2D eigenvalue weighted by atomic mass is 10.2. The van der Waals surface area contributed by atoms with Gasteiger partial charge in [0.2, 0.25) is 6.41 Å². The van der Waals surface area contributed by atoms with Crippen LogP contribution in [0.2, 0.25) is 0 Å². The Balaban J connectivity index is 2.08. The van der Waals surface area contributed by atoms with Crippen LogP contribution in [0, 0.1) is 0 Å². The molecule has 17 heavy (non-hydrogen) atoms. The number of carbonyl (C=O) groups is 1. The fourth-order valence-electron chi connectivity index (χ4n) is 2.09. The number of aromatic nitrogens is 1. The number of rotatable bonds is 3. The van der Waals surface area contributed by atoms with Gasteiger partial charge in [-0.25, -0.2) is 4.98 Å². The van der Waals surface area contributed by atoms with Crippen molar-refractivity contribution in [3.05, 3.63) is 18.3 Å². The van der Waals surface area contributed by atoms with E-state index in [4.69, 9.17) is 4.74 Å². The summed E-state index contributed by atoms with van der Waals surface area (Å²) >= 11 is 0. The van der Waals surface area contributed by atoms with E-state index in [1.54, 1.807) is 6.20 Å². The van der Waals surface area contributed by atoms with Crippen LogP contribution in [-0.2, 0) is 9.53 Å². The molecule has 0 aromatic carbocycles. The van der Waals surface area contributed by atoms with Crippen molar-refractivity contribution in [2.24, 2.45) is 0 Å². The summed E-state index contributed by atoms with van der Waals surface area (Å²) in [4.78, 5) is 16.8. The van der Waals surface area contributed by atoms with E-state index in [0.717, 1.165) is 18.9 Å². The van der Waals surface area contributed by atoms with E-state index >= 15 is 0 Å². The Morgan fingerprint density at radius 2 is 2.12 bits per heavy atom. The number of nitrogens with zero attached hydrogens (tertiary/aromatic N) is 2. The van der Waals surface area contributed by atoms with Crippen molar-refractivity contribution in [3.8, 4) is 0 Å². The molecule has 0 unspecified atom stereocenters. The largest absolute Gasteiger partial charge is 0.372 e. The van der Waals surface area contributed by atoms with E-state index in [1.807, 2.05) is 12.1 Å². The van der Waals surface area contributed by atoms with Gasteiger partial charge >= 0.3 is 0 Å². The molecule has 0 spiro atoms. The van der Waals surface area contributed by atoms with Crippen LogP contribution < -0.4 is 10.2 Å². The minimum Gasteiger partial charge on any atom is -0.372 e. The van der Waals surface area contributed by atoms with Crippen molar-refractivity contribution < 1.29 is 9.53 Å². The first-order valence-corrected chi connectivity index (χ1v) is 5.75. The molecule has 92 valence electrons. The lowest BCUT2D eigenvalue weighted by Crippen LogP contribution is -2.45. The topological polar surface area (TPSA) is 54.5 Å². The SMILES string of the molecule is C[C@@H]1CN(c2ccc(NC=O)cn2)C[C@H](C)O1. The van der Waals surface area contributed by atoms with Gasteiger partial charge in [-0.3, -0.25) is 4.79 Å². The maximum absolute atomic E-state index is 10.3. The highest BCUT2D eigenvalue weighted by Crippen LogP contribution is 2.19. The Morgan fingerprint density at radius 1 is 1.41 bits per heavy atom. The maximum Gasteiger partial charge on any atom is 0.211 e. The molecule has 1 aliphatic rings. The molecular weight excluding hydrogens is 218 g/mol. The van der Waals surface area contributed by atoms with Gasteiger partial charge in [0.05, 0.1) is 24.1 Å². The summed E-state index contributed by atoms with van der Waals surface area (Å²) in [5.41, 5.74) is 0.707. The number of anilines is 2. The first-order chi connectivity index (χ1) is 8.19. The number of ether oxygens (including phenoxy) is 1. The van der Waals surface area contributed by atoms with Crippen LogP contribution in [0.1, 0.15) is 13.8 Å². The molecule has 2 atom stereocenters. The van der Waals surface area contributed by atoms with E-state index < -0.39 is 0 Å². The molecule has 2 heterocycles. The molecule has 5 heteroatoms. The number of carbonyl (C=O) groups excluding carboxylic acids is 1. The molecule has 1 aromatic rings. The zero-order chi connectivity index (χ0) is 12.3. The molecule has 1 N–H and O–H groups in total. The summed E-state index contributed by atoms with van der Waals surface area (Å²) in [6.07, 6.45) is 2.74. The molecule has 0 radical (unpaired) electrons. The predicted molar refractivity (Wildman–Crippen MR) is 66.1 cm³/mol. The van der Waals surface area contributed by atoms with Gasteiger partial charge in [0.15, 0.2) is 0 Å². The van der Waals surface area contributed by atoms with E-state index in [1.165, 1.54) is 0 Å². The van der Waals surface area contributed by atoms with Gasteiger partial charge in [-0.1, -0.05) is 0 Å². The normalized spacial score (nSPS) is 24.5. The highest BCUT2D eigenvalue weighted by atomic mass is 16.5. The van der Waals surface area contributed by atoms with Crippen molar-refractivity contribution in [2.75, 3.05) is 23.3 Å². The Labute approximate surface area is 101 Å². The van der Waals surface area contributed by atoms with E-state index in [2.05, 4.69) is 29.0 Å². The highest BCUT2D eigenvalue weighted by molar-refractivity contribution is 5.71. The summed E-state index contributed by atoms with van der Waals surface area (Å²) in [6.45, 7) is 5.81. The van der Waals surface area contributed by atoms with Crippen molar-refractivity contribution in [1.29, 1.82) is 0 Å². The number of hydrogen-bond donors (Lipinski definition) is 1. The van der Waals surface area contributed by atoms with Gasteiger partial charge in [0.25, 0.3) is 0 Å². The Hall–Kier alpha value is -1.62. The van der Waals surface area contributed by atoms with Crippen molar-refractivity contribution in [1.82, 2.24) is 4.98 Å². The lowest BCUT2D eigenvalue weighted by molar-refractivity contribution is -0.105. The molecule has 0 bridgehead atoms. The summed E-state index contributed by atoms with van der Waals surface area (Å²) in [5.74, 6) is 0.920. The molecule has 0 aliphatic carbocycles. The van der Waals surface area contributed by atoms with Crippen LogP contribution in [0.4, 0.5) is 11.5 Å². The lowest BCUT2D eigenvalue weighted by Gasteiger charge is -2.36. The minimum absolute atomic E-state index is 0.216. The van der Waals surface area contributed by atoms with Crippen LogP contribution in [-0.4, -0.2) is 36.7 Å². The monoisotopic (exact) mass is 235 g/mol. The quantitative estimate of drug-likeness (QED) is 0.801. The number of nitrogens with one attached hydrogen (secondary N) is 1. The third-order valence-electron chi connectivity index (χ3n) is 2.72. The van der Waals surface area contributed by atoms with Crippen LogP contribution in [0.15, 0.2) is 18.3 Å². The van der Waals surface area contributed by atoms with E-state index in [-0.39, 0.29) is 12.2 Å². The Morgan fingerprint density at radius 3 is 2.65 bits per heavy atom. The zero-order valence-electron chi connectivity index (χ0n) is 10.1. The molecular formula is C12H17N3O2. The van der Waals surface area contributed by atoms with E-state index in [0.29, 0.717) is 12.1 Å². The maximum atomic E-state index is 10.3. The van der Waals surface area contributed by atoms with Gasteiger partial charge < -0.3 is 15.0 Å². The van der Waals surface area contributed by atoms with Crippen molar-refractivity contribution >= 4 is 17.9 Å². The van der Waals surface area contributed by atoms with Gasteiger partial charge in [-0.05, 0) is 26.0 Å². The third kappa shape index (κ3) is 2.94. The Bertz CT molecular complexity index is 370. The van der Waals surface area contributed by atoms with Crippen LogP contribution in [0.5, 0.6) is 0 Å². The highest BCUT2D eigenvalue weighted by Gasteiger charge is 2.22. The van der Waals surface area contributed by atoms with E-state index in [9.17, 15) is 4.79 Å². The molecule has 1 amide bonds. The Kier molecular flexibility index (Phi) is 3.58. The van der Waals surface area contributed by atoms with Crippen molar-refractivity contribution in [2.45, 2.75) is 26.1 Å². The van der Waals surface area contributed by atoms with Crippen LogP contribution >= 0.6 is 0 Å². The molecule has 2 rings (SSSR count). The summed E-state index contributed by atoms with van der Waals surface area (Å²) in [6, 6.07) is 3.76. The molecule has 1 aliphatic heterocycles. The van der Waals surface area contributed by atoms with Crippen LogP contribution in [0.3, 0.4) is 0 Å². The minimum atomic E-state index is 0.216. The molecule has 0 saturated carbocycles. The zero-order valence-corrected chi connectivity index (χ0v) is 10.1. The number of amides is 1.